The third kappa shape index (κ3) is 2.39. The van der Waals surface area contributed by atoms with Crippen molar-refractivity contribution < 1.29 is 9.85 Å². The molecule has 0 N–H and O–H groups in total. The summed E-state index contributed by atoms with van der Waals surface area (Å²) in [6.07, 6.45) is 1.17. The summed E-state index contributed by atoms with van der Waals surface area (Å²) >= 11 is 0. The van der Waals surface area contributed by atoms with Crippen LogP contribution in [0, 0.1) is 20.2 Å². The molecule has 0 aliphatic heterocycles. The van der Waals surface area contributed by atoms with Gasteiger partial charge in [0.25, 0.3) is 0 Å². The Balaban J connectivity index is 1.97. The molecule has 13 heteroatoms. The molecule has 0 bridgehead atoms. The molecule has 0 unspecified atom stereocenters. The average molecular weight is 255 g/mol. The molecule has 2 rings (SSSR count). The van der Waals surface area contributed by atoms with Crippen LogP contribution in [0.2, 0.25) is 0 Å². The van der Waals surface area contributed by atoms with Crippen molar-refractivity contribution in [3.05, 3.63) is 26.6 Å². The van der Waals surface area contributed by atoms with Crippen LogP contribution in [0.3, 0.4) is 0 Å². The second-order valence-corrected chi connectivity index (χ2v) is 3.01. The lowest BCUT2D eigenvalue weighted by molar-refractivity contribution is -0.394. The number of tetrazole rings is 1. The van der Waals surface area contributed by atoms with E-state index in [-0.39, 0.29) is 13.1 Å². The Morgan fingerprint density at radius 1 is 1.11 bits per heavy atom. The van der Waals surface area contributed by atoms with Crippen LogP contribution in [0.25, 0.3) is 0 Å². The number of hydrogen-bond acceptors (Lipinski definition) is 9. The van der Waals surface area contributed by atoms with Gasteiger partial charge < -0.3 is 20.2 Å². The third-order valence-electron chi connectivity index (χ3n) is 1.82. The lowest BCUT2D eigenvalue weighted by atomic mass is 10.6. The largest absolute Gasteiger partial charge is 0.514 e. The van der Waals surface area contributed by atoms with Gasteiger partial charge >= 0.3 is 11.9 Å². The molecular formula is C5H5N9O4. The summed E-state index contributed by atoms with van der Waals surface area (Å²) in [7, 11) is 0. The van der Waals surface area contributed by atoms with Gasteiger partial charge in [0.15, 0.2) is 0 Å². The highest BCUT2D eigenvalue weighted by Crippen LogP contribution is 2.00. The molecule has 0 fully saturated rings. The van der Waals surface area contributed by atoms with Crippen molar-refractivity contribution >= 4 is 11.9 Å². The molecule has 0 aliphatic rings. The number of aromatic nitrogens is 7. The molecule has 0 aromatic carbocycles. The van der Waals surface area contributed by atoms with E-state index in [4.69, 9.17) is 0 Å². The molecule has 2 aromatic rings. The van der Waals surface area contributed by atoms with E-state index in [9.17, 15) is 20.2 Å². The molecule has 0 atom stereocenters. The molecule has 0 aliphatic carbocycles. The van der Waals surface area contributed by atoms with Crippen LogP contribution >= 0.6 is 0 Å². The van der Waals surface area contributed by atoms with Gasteiger partial charge in [0.2, 0.25) is 6.33 Å². The zero-order valence-corrected chi connectivity index (χ0v) is 8.65. The van der Waals surface area contributed by atoms with Crippen LogP contribution in [0.4, 0.5) is 11.9 Å². The minimum atomic E-state index is -0.774. The van der Waals surface area contributed by atoms with Crippen molar-refractivity contribution in [3.8, 4) is 0 Å². The number of nitro groups is 2. The average Bonchev–Trinajstić information content (AvgIpc) is 2.95. The molecule has 94 valence electrons. The third-order valence-corrected chi connectivity index (χ3v) is 1.82. The second kappa shape index (κ2) is 4.48. The molecular weight excluding hydrogens is 250 g/mol. The van der Waals surface area contributed by atoms with Crippen LogP contribution in [0.15, 0.2) is 6.33 Å². The van der Waals surface area contributed by atoms with Crippen LogP contribution in [-0.4, -0.2) is 44.8 Å². The standard InChI is InChI=1S/C5H5N9O4/c15-13(16)4-6-3-11(8-4)1-2-12-9-5(7-10-12)14(17)18/h3H,1-2H2. The van der Waals surface area contributed by atoms with Gasteiger partial charge in [-0.2, -0.15) is 4.68 Å². The SMILES string of the molecule is O=[N+]([O-])c1ncn(CCn2nnc([N+](=O)[O-])n2)n1. The highest BCUT2D eigenvalue weighted by atomic mass is 16.6. The summed E-state index contributed by atoms with van der Waals surface area (Å²) in [5, 5.41) is 34.3. The van der Waals surface area contributed by atoms with E-state index in [2.05, 4.69) is 25.5 Å². The fraction of sp³-hybridized carbons (Fsp3) is 0.400. The maximum Gasteiger partial charge on any atom is 0.514 e. The topological polar surface area (TPSA) is 161 Å². The van der Waals surface area contributed by atoms with E-state index >= 15 is 0 Å². The van der Waals surface area contributed by atoms with Gasteiger partial charge in [0, 0.05) is 10.3 Å². The van der Waals surface area contributed by atoms with E-state index in [1.807, 2.05) is 0 Å². The Kier molecular flexibility index (Phi) is 2.86. The fourth-order valence-corrected chi connectivity index (χ4v) is 1.07. The quantitative estimate of drug-likeness (QED) is 0.470. The Labute approximate surface area is 97.3 Å². The molecule has 0 radical (unpaired) electrons. The van der Waals surface area contributed by atoms with Crippen molar-refractivity contribution in [2.75, 3.05) is 0 Å². The smallest absolute Gasteiger partial charge is 0.390 e. The lowest BCUT2D eigenvalue weighted by Crippen LogP contribution is -2.11. The molecule has 0 amide bonds. The van der Waals surface area contributed by atoms with Crippen LogP contribution < -0.4 is 0 Å². The van der Waals surface area contributed by atoms with Gasteiger partial charge in [0.05, 0.1) is 23.3 Å². The molecule has 18 heavy (non-hydrogen) atoms. The summed E-state index contributed by atoms with van der Waals surface area (Å²) in [5.41, 5.74) is 0. The van der Waals surface area contributed by atoms with Gasteiger partial charge in [-0.15, -0.1) is 0 Å². The minimum Gasteiger partial charge on any atom is -0.390 e. The zero-order chi connectivity index (χ0) is 13.1. The molecule has 0 saturated carbocycles. The Bertz CT molecular complexity index is 535. The van der Waals surface area contributed by atoms with Gasteiger partial charge in [-0.05, 0) is 9.85 Å². The Morgan fingerprint density at radius 2 is 1.83 bits per heavy atom. The van der Waals surface area contributed by atoms with E-state index < -0.39 is 21.7 Å². The van der Waals surface area contributed by atoms with E-state index in [0.717, 1.165) is 4.80 Å². The number of hydrogen-bond donors (Lipinski definition) is 0. The first-order valence-electron chi connectivity index (χ1n) is 4.52. The van der Waals surface area contributed by atoms with Crippen molar-refractivity contribution in [3.63, 3.8) is 0 Å². The Morgan fingerprint density at radius 3 is 2.39 bits per heavy atom. The lowest BCUT2D eigenvalue weighted by Gasteiger charge is -1.91. The first-order chi connectivity index (χ1) is 8.56. The number of rotatable bonds is 5. The van der Waals surface area contributed by atoms with Crippen LogP contribution in [0.5, 0.6) is 0 Å². The van der Waals surface area contributed by atoms with Gasteiger partial charge in [0.1, 0.15) is 0 Å². The van der Waals surface area contributed by atoms with E-state index in [0.29, 0.717) is 0 Å². The maximum atomic E-state index is 10.3. The van der Waals surface area contributed by atoms with Crippen molar-refractivity contribution in [1.29, 1.82) is 0 Å². The summed E-state index contributed by atoms with van der Waals surface area (Å²) in [5.74, 6) is -1.13. The first kappa shape index (κ1) is 11.5. The summed E-state index contributed by atoms with van der Waals surface area (Å²) in [6, 6.07) is 0. The molecule has 2 heterocycles. The van der Waals surface area contributed by atoms with Gasteiger partial charge in [-0.25, -0.2) is 0 Å². The zero-order valence-electron chi connectivity index (χ0n) is 8.65. The van der Waals surface area contributed by atoms with Gasteiger partial charge in [-0.1, -0.05) is 9.78 Å². The predicted octanol–water partition coefficient (Wildman–Crippen LogP) is -1.22. The molecule has 13 nitrogen and oxygen atoms in total. The predicted molar refractivity (Wildman–Crippen MR) is 51.1 cm³/mol. The summed E-state index contributed by atoms with van der Waals surface area (Å²) < 4.78 is 1.20. The van der Waals surface area contributed by atoms with Crippen LogP contribution in [0.1, 0.15) is 0 Å². The maximum absolute atomic E-state index is 10.3. The van der Waals surface area contributed by atoms with Crippen LogP contribution in [-0.2, 0) is 13.1 Å². The second-order valence-electron chi connectivity index (χ2n) is 3.01. The van der Waals surface area contributed by atoms with Gasteiger partial charge in [-0.3, -0.25) is 0 Å². The van der Waals surface area contributed by atoms with Crippen molar-refractivity contribution in [1.82, 2.24) is 35.0 Å². The monoisotopic (exact) mass is 255 g/mol. The first-order valence-corrected chi connectivity index (χ1v) is 4.52. The normalized spacial score (nSPS) is 10.4. The van der Waals surface area contributed by atoms with E-state index in [1.165, 1.54) is 11.0 Å². The van der Waals surface area contributed by atoms with Crippen molar-refractivity contribution in [2.24, 2.45) is 0 Å². The molecule has 0 spiro atoms. The summed E-state index contributed by atoms with van der Waals surface area (Å²) in [6.45, 7) is 0.301. The van der Waals surface area contributed by atoms with Crippen molar-refractivity contribution in [2.45, 2.75) is 13.1 Å². The molecule has 2 aromatic heterocycles. The number of aryl methyl sites for hydroxylation is 2. The highest BCUT2D eigenvalue weighted by Gasteiger charge is 2.17. The minimum absolute atomic E-state index is 0.126. The van der Waals surface area contributed by atoms with E-state index in [1.54, 1.807) is 0 Å². The molecule has 0 saturated heterocycles. The number of nitrogens with zero attached hydrogens (tertiary/aromatic N) is 9. The Hall–Kier alpha value is -2.99. The fourth-order valence-electron chi connectivity index (χ4n) is 1.07. The highest BCUT2D eigenvalue weighted by molar-refractivity contribution is 4.96. The summed E-state index contributed by atoms with van der Waals surface area (Å²) in [4.78, 5) is 23.5.